The number of amides is 1. The lowest BCUT2D eigenvalue weighted by atomic mass is 10.0. The summed E-state index contributed by atoms with van der Waals surface area (Å²) in [7, 11) is 1.14. The quantitative estimate of drug-likeness (QED) is 0.0212. The van der Waals surface area contributed by atoms with Crippen molar-refractivity contribution in [3.8, 4) is 0 Å². The molecule has 0 aliphatic carbocycles. The largest absolute Gasteiger partial charge is 0.756 e. The fourth-order valence-corrected chi connectivity index (χ4v) is 9.45. The van der Waals surface area contributed by atoms with Crippen molar-refractivity contribution in [1.82, 2.24) is 5.32 Å². The van der Waals surface area contributed by atoms with E-state index in [1.807, 2.05) is 33.3 Å². The van der Waals surface area contributed by atoms with E-state index >= 15 is 0 Å². The van der Waals surface area contributed by atoms with Crippen molar-refractivity contribution in [2.75, 3.05) is 40.9 Å². The third-order valence-electron chi connectivity index (χ3n) is 13.8. The molecule has 3 atom stereocenters. The monoisotopic (exact) mass is 1170 g/mol. The molecule has 3 unspecified atom stereocenters. The number of nitrogens with zero attached hydrogens (tertiary/aromatic N) is 1. The van der Waals surface area contributed by atoms with E-state index in [9.17, 15) is 19.0 Å². The second-order valence-electron chi connectivity index (χ2n) is 22.9. The normalized spacial score (nSPS) is 14.5. The van der Waals surface area contributed by atoms with Gasteiger partial charge in [-0.2, -0.15) is 0 Å². The first-order chi connectivity index (χ1) is 40.4. The smallest absolute Gasteiger partial charge is 0.306 e. The first-order valence-electron chi connectivity index (χ1n) is 33.1. The number of hydrogen-bond acceptors (Lipinski definition) is 7. The molecule has 0 aliphatic rings. The van der Waals surface area contributed by atoms with Gasteiger partial charge < -0.3 is 28.5 Å². The third-order valence-corrected chi connectivity index (χ3v) is 14.7. The number of likely N-dealkylation sites (N-methyl/N-ethyl adjacent to an activating group) is 1. The van der Waals surface area contributed by atoms with E-state index in [0.717, 1.165) is 141 Å². The molecule has 1 amide bonds. The van der Waals surface area contributed by atoms with Crippen LogP contribution in [-0.4, -0.2) is 69.4 Å². The molecule has 0 radical (unpaired) electrons. The minimum Gasteiger partial charge on any atom is -0.756 e. The van der Waals surface area contributed by atoms with Crippen LogP contribution in [0.15, 0.2) is 146 Å². The fraction of sp³-hybridized carbons (Fsp3) is 0.644. The maximum absolute atomic E-state index is 13.6. The zero-order chi connectivity index (χ0) is 60.7. The highest BCUT2D eigenvalue weighted by Crippen LogP contribution is 2.38. The summed E-state index contributed by atoms with van der Waals surface area (Å²) in [6, 6.07) is -0.918. The van der Waals surface area contributed by atoms with Crippen molar-refractivity contribution in [3.05, 3.63) is 146 Å². The van der Waals surface area contributed by atoms with Crippen molar-refractivity contribution in [2.45, 2.75) is 264 Å². The molecule has 0 saturated carbocycles. The lowest BCUT2D eigenvalue weighted by molar-refractivity contribution is -0.870. The van der Waals surface area contributed by atoms with Crippen LogP contribution in [0.2, 0.25) is 0 Å². The molecule has 0 aromatic heterocycles. The van der Waals surface area contributed by atoms with E-state index in [4.69, 9.17) is 13.8 Å². The highest BCUT2D eigenvalue weighted by molar-refractivity contribution is 7.45. The molecule has 0 rings (SSSR count). The molecule has 0 aromatic carbocycles. The SMILES string of the molecule is CC/C=C\C/C=C\C/C=C\C/C=C\C/C=C\C/C=C\CCCCCCCCCCC(=O)NC(COP(=O)([O-])OCC[N+](C)(C)C)C(/C=C\CCCCCCCCCCC)OC(=O)CCCCC/C=C\C/C=C\C/C=C\C/C=C\C/C=C\CC. The molecule has 0 bridgehead atoms. The maximum Gasteiger partial charge on any atom is 0.306 e. The lowest BCUT2D eigenvalue weighted by Crippen LogP contribution is -2.47. The molecule has 9 nitrogen and oxygen atoms in total. The van der Waals surface area contributed by atoms with E-state index in [1.165, 1.54) is 70.6 Å². The summed E-state index contributed by atoms with van der Waals surface area (Å²) in [5, 5.41) is 3.02. The Morgan fingerprint density at radius 2 is 0.771 bits per heavy atom. The Kier molecular flexibility index (Phi) is 58.0. The Labute approximate surface area is 510 Å². The Morgan fingerprint density at radius 1 is 0.434 bits per heavy atom. The fourth-order valence-electron chi connectivity index (χ4n) is 8.73. The molecule has 472 valence electrons. The van der Waals surface area contributed by atoms with Crippen molar-refractivity contribution in [2.24, 2.45) is 0 Å². The van der Waals surface area contributed by atoms with Gasteiger partial charge in [0.15, 0.2) is 0 Å². The average Bonchev–Trinajstić information content (AvgIpc) is 3.51. The van der Waals surface area contributed by atoms with Crippen LogP contribution in [0.25, 0.3) is 0 Å². The number of phosphoric acid groups is 1. The molecule has 10 heteroatoms. The molecule has 0 spiro atoms. The molecule has 0 aromatic rings. The van der Waals surface area contributed by atoms with Gasteiger partial charge in [-0.3, -0.25) is 14.2 Å². The van der Waals surface area contributed by atoms with E-state index in [2.05, 4.69) is 160 Å². The highest BCUT2D eigenvalue weighted by atomic mass is 31.2. The minimum absolute atomic E-state index is 0.0379. The number of ether oxygens (including phenoxy) is 1. The van der Waals surface area contributed by atoms with E-state index in [-0.39, 0.29) is 31.3 Å². The molecule has 0 saturated heterocycles. The predicted octanol–water partition coefficient (Wildman–Crippen LogP) is 20.4. The summed E-state index contributed by atoms with van der Waals surface area (Å²) in [5.74, 6) is -0.599. The summed E-state index contributed by atoms with van der Waals surface area (Å²) < 4.78 is 30.3. The number of quaternary nitrogens is 1. The van der Waals surface area contributed by atoms with Gasteiger partial charge in [-0.1, -0.05) is 257 Å². The lowest BCUT2D eigenvalue weighted by Gasteiger charge is -2.30. The van der Waals surface area contributed by atoms with Crippen molar-refractivity contribution < 1.29 is 37.3 Å². The van der Waals surface area contributed by atoms with E-state index in [1.54, 1.807) is 0 Å². The number of hydrogen-bond donors (Lipinski definition) is 1. The van der Waals surface area contributed by atoms with Gasteiger partial charge in [0.05, 0.1) is 33.8 Å². The van der Waals surface area contributed by atoms with Gasteiger partial charge in [0.25, 0.3) is 7.82 Å². The molecule has 1 N–H and O–H groups in total. The first-order valence-corrected chi connectivity index (χ1v) is 34.6. The van der Waals surface area contributed by atoms with Gasteiger partial charge in [-0.15, -0.1) is 0 Å². The summed E-state index contributed by atoms with van der Waals surface area (Å²) in [6.07, 6.45) is 88.2. The molecular formula is C73H123N2O7P. The van der Waals surface area contributed by atoms with Crippen LogP contribution in [-0.2, 0) is 27.9 Å². The topological polar surface area (TPSA) is 114 Å². The van der Waals surface area contributed by atoms with E-state index < -0.39 is 26.6 Å². The summed E-state index contributed by atoms with van der Waals surface area (Å²) in [5.41, 5.74) is 0. The van der Waals surface area contributed by atoms with Gasteiger partial charge in [0.2, 0.25) is 5.91 Å². The van der Waals surface area contributed by atoms with Gasteiger partial charge in [0.1, 0.15) is 19.3 Å². The number of rotatable bonds is 58. The van der Waals surface area contributed by atoms with E-state index in [0.29, 0.717) is 17.4 Å². The van der Waals surface area contributed by atoms with Crippen LogP contribution in [0.5, 0.6) is 0 Å². The number of nitrogens with one attached hydrogen (secondary N) is 1. The number of carbonyl (C=O) groups is 2. The molecule has 0 aliphatic heterocycles. The first kappa shape index (κ1) is 78.9. The van der Waals surface area contributed by atoms with Crippen LogP contribution in [0.1, 0.15) is 252 Å². The van der Waals surface area contributed by atoms with Crippen LogP contribution in [0.3, 0.4) is 0 Å². The second kappa shape index (κ2) is 61.0. The van der Waals surface area contributed by atoms with Gasteiger partial charge in [-0.05, 0) is 128 Å². The number of carbonyl (C=O) groups excluding carboxylic acids is 2. The number of phosphoric ester groups is 1. The third kappa shape index (κ3) is 62.2. The zero-order valence-electron chi connectivity index (χ0n) is 53.8. The van der Waals surface area contributed by atoms with Crippen molar-refractivity contribution >= 4 is 19.7 Å². The number of unbranched alkanes of at least 4 members (excludes halogenated alkanes) is 20. The average molecular weight is 1170 g/mol. The molecular weight excluding hydrogens is 1050 g/mol. The van der Waals surface area contributed by atoms with Crippen LogP contribution in [0.4, 0.5) is 0 Å². The van der Waals surface area contributed by atoms with Gasteiger partial charge >= 0.3 is 5.97 Å². The molecule has 0 fully saturated rings. The summed E-state index contributed by atoms with van der Waals surface area (Å²) >= 11 is 0. The minimum atomic E-state index is -4.72. The zero-order valence-corrected chi connectivity index (χ0v) is 54.7. The predicted molar refractivity (Wildman–Crippen MR) is 357 cm³/mol. The van der Waals surface area contributed by atoms with Gasteiger partial charge in [-0.25, -0.2) is 0 Å². The second-order valence-corrected chi connectivity index (χ2v) is 24.3. The highest BCUT2D eigenvalue weighted by Gasteiger charge is 2.27. The van der Waals surface area contributed by atoms with Crippen LogP contribution < -0.4 is 10.2 Å². The van der Waals surface area contributed by atoms with Crippen LogP contribution >= 0.6 is 7.82 Å². The number of esters is 1. The standard InChI is InChI=1S/C73H123N2O7P/c1-7-10-13-16-19-22-25-27-29-31-33-34-35-36-37-38-39-40-42-43-45-47-50-53-56-59-62-65-72(76)74-70(69-81-83(78,79)80-68-67-75(4,5)6)71(64-61-58-55-52-49-24-21-18-15-12-9-3)82-73(77)66-63-60-57-54-51-48-46-44-41-32-30-28-26-23-20-17-14-11-8-2/h10-11,13-14,19-20,22-23,27-30,33-34,36-37,39-41,44,48,51,61,64,70-71H,7-9,12,15-18,21,24-26,31-32,35,38,42-43,45-47,49-50,52-60,62-63,65-69H2,1-6H3,(H-,74,76,78,79)/b13-10-,14-11-,22-19-,23-20-,29-27-,30-28-,34-33-,37-36-,40-39-,44-41-,51-48-,64-61-. The Hall–Kier alpha value is -4.11. The maximum atomic E-state index is 13.6. The molecule has 83 heavy (non-hydrogen) atoms. The summed E-state index contributed by atoms with van der Waals surface area (Å²) in [4.78, 5) is 40.1. The molecule has 0 heterocycles. The van der Waals surface area contributed by atoms with Gasteiger partial charge in [0, 0.05) is 12.8 Å². The Bertz CT molecular complexity index is 1930. The summed E-state index contributed by atoms with van der Waals surface area (Å²) in [6.45, 7) is 6.56. The van der Waals surface area contributed by atoms with Crippen molar-refractivity contribution in [3.63, 3.8) is 0 Å². The Morgan fingerprint density at radius 3 is 1.17 bits per heavy atom. The van der Waals surface area contributed by atoms with Crippen molar-refractivity contribution in [1.29, 1.82) is 0 Å². The van der Waals surface area contributed by atoms with Crippen LogP contribution in [0, 0.1) is 0 Å². The Balaban J connectivity index is 5.18. The number of allylic oxidation sites excluding steroid dienone is 23.